The first-order chi connectivity index (χ1) is 9.90. The Morgan fingerprint density at radius 2 is 1.81 bits per heavy atom. The quantitative estimate of drug-likeness (QED) is 0.921. The Balaban J connectivity index is 2.14. The molecule has 0 aliphatic heterocycles. The summed E-state index contributed by atoms with van der Waals surface area (Å²) in [6, 6.07) is 13.8. The average molecular weight is 306 g/mol. The van der Waals surface area contributed by atoms with Gasteiger partial charge in [0, 0.05) is 12.7 Å². The summed E-state index contributed by atoms with van der Waals surface area (Å²) in [4.78, 5) is 0.250. The van der Waals surface area contributed by atoms with Crippen molar-refractivity contribution in [1.82, 2.24) is 0 Å². The zero-order valence-corrected chi connectivity index (χ0v) is 12.8. The summed E-state index contributed by atoms with van der Waals surface area (Å²) in [5.41, 5.74) is 1.64. The van der Waals surface area contributed by atoms with Crippen molar-refractivity contribution in [2.24, 2.45) is 0 Å². The molecule has 0 aliphatic rings. The molecule has 0 amide bonds. The molecule has 0 bridgehead atoms. The van der Waals surface area contributed by atoms with Crippen LogP contribution in [0, 0.1) is 0 Å². The van der Waals surface area contributed by atoms with E-state index in [0.29, 0.717) is 12.0 Å². The summed E-state index contributed by atoms with van der Waals surface area (Å²) >= 11 is 0. The Morgan fingerprint density at radius 1 is 1.14 bits per heavy atom. The molecular formula is C16H18O4S. The second kappa shape index (κ2) is 6.28. The van der Waals surface area contributed by atoms with Crippen LogP contribution in [0.25, 0.3) is 0 Å². The SMILES string of the molecule is COc1cccc(CC(O)c2ccc(S(C)(=O)=O)cc2)c1. The van der Waals surface area contributed by atoms with Gasteiger partial charge in [0.2, 0.25) is 0 Å². The molecule has 1 N–H and O–H groups in total. The van der Waals surface area contributed by atoms with Crippen LogP contribution in [0.15, 0.2) is 53.4 Å². The van der Waals surface area contributed by atoms with Crippen LogP contribution in [0.2, 0.25) is 0 Å². The van der Waals surface area contributed by atoms with Gasteiger partial charge in [0.25, 0.3) is 0 Å². The van der Waals surface area contributed by atoms with Crippen molar-refractivity contribution in [3.8, 4) is 5.75 Å². The first kappa shape index (κ1) is 15.5. The van der Waals surface area contributed by atoms with E-state index in [9.17, 15) is 13.5 Å². The van der Waals surface area contributed by atoms with Gasteiger partial charge in [0.05, 0.1) is 18.1 Å². The monoisotopic (exact) mass is 306 g/mol. The Kier molecular flexibility index (Phi) is 4.65. The van der Waals surface area contributed by atoms with Gasteiger partial charge in [-0.05, 0) is 35.4 Å². The molecule has 2 rings (SSSR count). The van der Waals surface area contributed by atoms with Crippen LogP contribution in [0.3, 0.4) is 0 Å². The predicted octanol–water partition coefficient (Wildman–Crippen LogP) is 2.37. The number of hydrogen-bond donors (Lipinski definition) is 1. The highest BCUT2D eigenvalue weighted by Gasteiger charge is 2.11. The molecule has 0 saturated heterocycles. The Morgan fingerprint density at radius 3 is 2.38 bits per heavy atom. The van der Waals surface area contributed by atoms with Crippen LogP contribution in [0.4, 0.5) is 0 Å². The molecule has 0 radical (unpaired) electrons. The van der Waals surface area contributed by atoms with E-state index < -0.39 is 15.9 Å². The molecule has 21 heavy (non-hydrogen) atoms. The summed E-state index contributed by atoms with van der Waals surface area (Å²) in [5, 5.41) is 10.2. The summed E-state index contributed by atoms with van der Waals surface area (Å²) < 4.78 is 27.9. The second-order valence-corrected chi connectivity index (χ2v) is 6.93. The zero-order chi connectivity index (χ0) is 15.5. The lowest BCUT2D eigenvalue weighted by molar-refractivity contribution is 0.178. The highest BCUT2D eigenvalue weighted by Crippen LogP contribution is 2.22. The van der Waals surface area contributed by atoms with E-state index in [1.165, 1.54) is 12.1 Å². The van der Waals surface area contributed by atoms with Crippen LogP contribution < -0.4 is 4.74 Å². The lowest BCUT2D eigenvalue weighted by Gasteiger charge is -2.12. The first-order valence-corrected chi connectivity index (χ1v) is 8.40. The molecule has 4 nitrogen and oxygen atoms in total. The third-order valence-electron chi connectivity index (χ3n) is 3.26. The maximum atomic E-state index is 11.4. The molecular weight excluding hydrogens is 288 g/mol. The minimum atomic E-state index is -3.21. The van der Waals surface area contributed by atoms with E-state index in [2.05, 4.69) is 0 Å². The fourth-order valence-electron chi connectivity index (χ4n) is 2.08. The lowest BCUT2D eigenvalue weighted by Crippen LogP contribution is -2.03. The zero-order valence-electron chi connectivity index (χ0n) is 12.0. The number of aliphatic hydroxyl groups excluding tert-OH is 1. The van der Waals surface area contributed by atoms with Gasteiger partial charge < -0.3 is 9.84 Å². The molecule has 2 aromatic rings. The lowest BCUT2D eigenvalue weighted by atomic mass is 10.0. The Hall–Kier alpha value is -1.85. The van der Waals surface area contributed by atoms with Gasteiger partial charge in [-0.25, -0.2) is 8.42 Å². The van der Waals surface area contributed by atoms with E-state index in [-0.39, 0.29) is 4.90 Å². The summed E-state index contributed by atoms with van der Waals surface area (Å²) in [6.07, 6.45) is 0.912. The molecule has 0 saturated carbocycles. The van der Waals surface area contributed by atoms with Gasteiger partial charge in [-0.3, -0.25) is 0 Å². The molecule has 1 unspecified atom stereocenters. The van der Waals surface area contributed by atoms with Gasteiger partial charge in [-0.15, -0.1) is 0 Å². The Labute approximate surface area is 124 Å². The van der Waals surface area contributed by atoms with Gasteiger partial charge in [0.1, 0.15) is 5.75 Å². The van der Waals surface area contributed by atoms with Gasteiger partial charge in [0.15, 0.2) is 9.84 Å². The van der Waals surface area contributed by atoms with E-state index >= 15 is 0 Å². The molecule has 0 spiro atoms. The second-order valence-electron chi connectivity index (χ2n) is 4.91. The smallest absolute Gasteiger partial charge is 0.175 e. The van der Waals surface area contributed by atoms with Gasteiger partial charge in [-0.1, -0.05) is 24.3 Å². The van der Waals surface area contributed by atoms with Crippen LogP contribution in [-0.2, 0) is 16.3 Å². The molecule has 5 heteroatoms. The minimum absolute atomic E-state index is 0.250. The number of hydrogen-bond acceptors (Lipinski definition) is 4. The summed E-state index contributed by atoms with van der Waals surface area (Å²) in [5.74, 6) is 0.743. The molecule has 1 atom stereocenters. The maximum absolute atomic E-state index is 11.4. The molecule has 0 fully saturated rings. The molecule has 0 heterocycles. The van der Waals surface area contributed by atoms with E-state index in [4.69, 9.17) is 4.74 Å². The third-order valence-corrected chi connectivity index (χ3v) is 4.38. The Bertz CT molecular complexity index is 705. The molecule has 0 aliphatic carbocycles. The van der Waals surface area contributed by atoms with E-state index in [1.54, 1.807) is 19.2 Å². The normalized spacial score (nSPS) is 12.9. The van der Waals surface area contributed by atoms with Crippen LogP contribution in [0.5, 0.6) is 5.75 Å². The number of aliphatic hydroxyl groups is 1. The predicted molar refractivity (Wildman–Crippen MR) is 81.2 cm³/mol. The van der Waals surface area contributed by atoms with Crippen LogP contribution >= 0.6 is 0 Å². The van der Waals surface area contributed by atoms with Crippen LogP contribution in [-0.4, -0.2) is 26.9 Å². The van der Waals surface area contributed by atoms with Crippen molar-refractivity contribution in [2.45, 2.75) is 17.4 Å². The largest absolute Gasteiger partial charge is 0.497 e. The van der Waals surface area contributed by atoms with Crippen molar-refractivity contribution >= 4 is 9.84 Å². The van der Waals surface area contributed by atoms with Crippen molar-refractivity contribution in [3.63, 3.8) is 0 Å². The fourth-order valence-corrected chi connectivity index (χ4v) is 2.71. The topological polar surface area (TPSA) is 63.6 Å². The average Bonchev–Trinajstić information content (AvgIpc) is 2.46. The number of ether oxygens (including phenoxy) is 1. The molecule has 0 aromatic heterocycles. The minimum Gasteiger partial charge on any atom is -0.497 e. The summed E-state index contributed by atoms with van der Waals surface area (Å²) in [7, 11) is -1.61. The number of benzene rings is 2. The number of methoxy groups -OCH3 is 1. The summed E-state index contributed by atoms with van der Waals surface area (Å²) in [6.45, 7) is 0. The highest BCUT2D eigenvalue weighted by molar-refractivity contribution is 7.90. The van der Waals surface area contributed by atoms with Crippen molar-refractivity contribution in [3.05, 3.63) is 59.7 Å². The standard InChI is InChI=1S/C16H18O4S/c1-20-14-5-3-4-12(10-14)11-16(17)13-6-8-15(9-7-13)21(2,18)19/h3-10,16-17H,11H2,1-2H3. The molecule has 2 aromatic carbocycles. The van der Waals surface area contributed by atoms with Crippen molar-refractivity contribution in [2.75, 3.05) is 13.4 Å². The number of rotatable bonds is 5. The maximum Gasteiger partial charge on any atom is 0.175 e. The van der Waals surface area contributed by atoms with Gasteiger partial charge >= 0.3 is 0 Å². The van der Waals surface area contributed by atoms with Crippen LogP contribution in [0.1, 0.15) is 17.2 Å². The van der Waals surface area contributed by atoms with Gasteiger partial charge in [-0.2, -0.15) is 0 Å². The van der Waals surface area contributed by atoms with E-state index in [1.807, 2.05) is 24.3 Å². The number of sulfone groups is 1. The molecule has 112 valence electrons. The third kappa shape index (κ3) is 4.06. The van der Waals surface area contributed by atoms with E-state index in [0.717, 1.165) is 17.6 Å². The fraction of sp³-hybridized carbons (Fsp3) is 0.250. The van der Waals surface area contributed by atoms with Crippen molar-refractivity contribution in [1.29, 1.82) is 0 Å². The highest BCUT2D eigenvalue weighted by atomic mass is 32.2. The van der Waals surface area contributed by atoms with Crippen molar-refractivity contribution < 1.29 is 18.3 Å². The first-order valence-electron chi connectivity index (χ1n) is 6.51.